The van der Waals surface area contributed by atoms with Gasteiger partial charge in [-0.25, -0.2) is 9.67 Å². The Morgan fingerprint density at radius 1 is 1.56 bits per heavy atom. The third-order valence-electron chi connectivity index (χ3n) is 2.48. The highest BCUT2D eigenvalue weighted by Crippen LogP contribution is 2.11. The fourth-order valence-electron chi connectivity index (χ4n) is 1.47. The number of carbonyl (C=O) groups is 1. The molecule has 8 heteroatoms. The van der Waals surface area contributed by atoms with E-state index in [4.69, 9.17) is 0 Å². The molecule has 2 aromatic rings. The molecule has 1 amide bonds. The fourth-order valence-corrected chi connectivity index (χ4v) is 2.25. The molecule has 0 aromatic carbocycles. The molecule has 0 bridgehead atoms. The molecule has 18 heavy (non-hydrogen) atoms. The van der Waals surface area contributed by atoms with Crippen LogP contribution in [-0.4, -0.2) is 37.6 Å². The molecule has 0 aliphatic carbocycles. The van der Waals surface area contributed by atoms with Gasteiger partial charge in [-0.3, -0.25) is 4.79 Å². The van der Waals surface area contributed by atoms with Gasteiger partial charge in [-0.05, 0) is 17.4 Å². The summed E-state index contributed by atoms with van der Waals surface area (Å²) < 4.78 is 1.53. The van der Waals surface area contributed by atoms with Crippen LogP contribution >= 0.6 is 11.3 Å². The lowest BCUT2D eigenvalue weighted by molar-refractivity contribution is -0.121. The van der Waals surface area contributed by atoms with Crippen LogP contribution in [0.25, 0.3) is 0 Å². The summed E-state index contributed by atoms with van der Waals surface area (Å²) in [5, 5.41) is 13.6. The number of carbonyl (C=O) groups excluding carboxylic acids is 1. The van der Waals surface area contributed by atoms with Gasteiger partial charge in [0.1, 0.15) is 6.33 Å². The molecule has 0 spiro atoms. The Bertz CT molecular complexity index is 494. The Kier molecular flexibility index (Phi) is 4.35. The second-order valence-corrected chi connectivity index (χ2v) is 4.72. The van der Waals surface area contributed by atoms with Gasteiger partial charge in [0, 0.05) is 24.3 Å². The zero-order valence-electron chi connectivity index (χ0n) is 10.0. The zero-order valence-corrected chi connectivity index (χ0v) is 10.9. The number of thiazole rings is 1. The summed E-state index contributed by atoms with van der Waals surface area (Å²) in [5.41, 5.74) is 2.87. The molecular weight excluding hydrogens is 252 g/mol. The van der Waals surface area contributed by atoms with Gasteiger partial charge < -0.3 is 5.32 Å². The zero-order chi connectivity index (χ0) is 12.8. The summed E-state index contributed by atoms with van der Waals surface area (Å²) in [5.74, 6) is 0.00710. The molecule has 0 fully saturated rings. The predicted molar refractivity (Wildman–Crippen MR) is 66.0 cm³/mol. The van der Waals surface area contributed by atoms with Gasteiger partial charge in [0.15, 0.2) is 0 Å². The minimum absolute atomic E-state index is 0.00710. The molecule has 0 aliphatic heterocycles. The van der Waals surface area contributed by atoms with Crippen molar-refractivity contribution >= 4 is 17.2 Å². The normalized spacial score (nSPS) is 10.5. The Balaban J connectivity index is 1.65. The van der Waals surface area contributed by atoms with Crippen molar-refractivity contribution in [3.8, 4) is 0 Å². The lowest BCUT2D eigenvalue weighted by atomic mass is 10.3. The smallest absolute Gasteiger partial charge is 0.221 e. The minimum atomic E-state index is 0.00710. The third-order valence-corrected chi connectivity index (χ3v) is 3.47. The number of nitrogens with zero attached hydrogens (tertiary/aromatic N) is 5. The SMILES string of the molecule is Cc1ncsc1CCNC(=O)CCn1cnnn1. The minimum Gasteiger partial charge on any atom is -0.356 e. The van der Waals surface area contributed by atoms with Gasteiger partial charge in [-0.1, -0.05) is 0 Å². The van der Waals surface area contributed by atoms with Crippen LogP contribution in [0, 0.1) is 6.92 Å². The van der Waals surface area contributed by atoms with Gasteiger partial charge in [-0.15, -0.1) is 16.4 Å². The first-order valence-corrected chi connectivity index (χ1v) is 6.50. The van der Waals surface area contributed by atoms with Crippen LogP contribution in [0.2, 0.25) is 0 Å². The molecule has 7 nitrogen and oxygen atoms in total. The quantitative estimate of drug-likeness (QED) is 0.806. The Morgan fingerprint density at radius 3 is 3.11 bits per heavy atom. The van der Waals surface area contributed by atoms with E-state index in [0.717, 1.165) is 12.1 Å². The highest BCUT2D eigenvalue weighted by atomic mass is 32.1. The van der Waals surface area contributed by atoms with Gasteiger partial charge in [0.25, 0.3) is 0 Å². The van der Waals surface area contributed by atoms with Crippen LogP contribution in [0.15, 0.2) is 11.8 Å². The second-order valence-electron chi connectivity index (χ2n) is 3.78. The number of amides is 1. The molecule has 0 atom stereocenters. The van der Waals surface area contributed by atoms with Gasteiger partial charge >= 0.3 is 0 Å². The number of tetrazole rings is 1. The fraction of sp³-hybridized carbons (Fsp3) is 0.500. The summed E-state index contributed by atoms with van der Waals surface area (Å²) in [6.07, 6.45) is 2.70. The van der Waals surface area contributed by atoms with Crippen LogP contribution in [-0.2, 0) is 17.8 Å². The standard InChI is InChI=1S/C10H14N6OS/c1-8-9(18-7-12-8)2-4-11-10(17)3-5-16-6-13-14-15-16/h6-7H,2-5H2,1H3,(H,11,17). The first kappa shape index (κ1) is 12.6. The first-order chi connectivity index (χ1) is 8.75. The number of rotatable bonds is 6. The van der Waals surface area contributed by atoms with Crippen LogP contribution in [0.4, 0.5) is 0 Å². The van der Waals surface area contributed by atoms with E-state index < -0.39 is 0 Å². The molecule has 2 heterocycles. The summed E-state index contributed by atoms with van der Waals surface area (Å²) in [6, 6.07) is 0. The average Bonchev–Trinajstić information content (AvgIpc) is 2.99. The highest BCUT2D eigenvalue weighted by molar-refractivity contribution is 7.09. The topological polar surface area (TPSA) is 85.6 Å². The van der Waals surface area contributed by atoms with Gasteiger partial charge in [0.05, 0.1) is 17.7 Å². The number of aromatic nitrogens is 5. The number of hydrogen-bond acceptors (Lipinski definition) is 6. The molecule has 0 saturated carbocycles. The van der Waals surface area contributed by atoms with Crippen molar-refractivity contribution < 1.29 is 4.79 Å². The second kappa shape index (κ2) is 6.20. The summed E-state index contributed by atoms with van der Waals surface area (Å²) in [4.78, 5) is 16.9. The maximum absolute atomic E-state index is 11.5. The van der Waals surface area contributed by atoms with Gasteiger partial charge in [-0.2, -0.15) is 0 Å². The summed E-state index contributed by atoms with van der Waals surface area (Å²) >= 11 is 1.62. The molecule has 2 rings (SSSR count). The maximum atomic E-state index is 11.5. The van der Waals surface area contributed by atoms with E-state index in [2.05, 4.69) is 25.8 Å². The molecule has 0 unspecified atom stereocenters. The lowest BCUT2D eigenvalue weighted by Crippen LogP contribution is -2.26. The van der Waals surface area contributed by atoms with Crippen molar-refractivity contribution in [2.24, 2.45) is 0 Å². The summed E-state index contributed by atoms with van der Waals surface area (Å²) in [6.45, 7) is 3.11. The predicted octanol–water partition coefficient (Wildman–Crippen LogP) is 0.187. The molecule has 0 aliphatic rings. The molecule has 0 saturated heterocycles. The van der Waals surface area contributed by atoms with Crippen molar-refractivity contribution in [2.75, 3.05) is 6.54 Å². The van der Waals surface area contributed by atoms with E-state index in [0.29, 0.717) is 19.5 Å². The number of aryl methyl sites for hydroxylation is 2. The van der Waals surface area contributed by atoms with Crippen molar-refractivity contribution in [2.45, 2.75) is 26.3 Å². The third kappa shape index (κ3) is 3.59. The van der Waals surface area contributed by atoms with E-state index in [-0.39, 0.29) is 5.91 Å². The average molecular weight is 266 g/mol. The molecule has 2 aromatic heterocycles. The van der Waals surface area contributed by atoms with E-state index in [1.54, 1.807) is 11.3 Å². The van der Waals surface area contributed by atoms with Crippen LogP contribution in [0.5, 0.6) is 0 Å². The lowest BCUT2D eigenvalue weighted by Gasteiger charge is -2.04. The first-order valence-electron chi connectivity index (χ1n) is 5.62. The van der Waals surface area contributed by atoms with Crippen molar-refractivity contribution in [3.63, 3.8) is 0 Å². The molecular formula is C10H14N6OS. The van der Waals surface area contributed by atoms with Crippen molar-refractivity contribution in [1.82, 2.24) is 30.5 Å². The summed E-state index contributed by atoms with van der Waals surface area (Å²) in [7, 11) is 0. The monoisotopic (exact) mass is 266 g/mol. The van der Waals surface area contributed by atoms with Crippen LogP contribution < -0.4 is 5.32 Å². The molecule has 0 radical (unpaired) electrons. The van der Waals surface area contributed by atoms with E-state index >= 15 is 0 Å². The molecule has 1 N–H and O–H groups in total. The highest BCUT2D eigenvalue weighted by Gasteiger charge is 2.04. The van der Waals surface area contributed by atoms with E-state index in [9.17, 15) is 4.79 Å². The Hall–Kier alpha value is -1.83. The van der Waals surface area contributed by atoms with Crippen molar-refractivity contribution in [3.05, 3.63) is 22.4 Å². The van der Waals surface area contributed by atoms with Crippen molar-refractivity contribution in [1.29, 1.82) is 0 Å². The Labute approximate surface area is 108 Å². The Morgan fingerprint density at radius 2 is 2.44 bits per heavy atom. The largest absolute Gasteiger partial charge is 0.356 e. The van der Waals surface area contributed by atoms with Crippen LogP contribution in [0.3, 0.4) is 0 Å². The van der Waals surface area contributed by atoms with Crippen LogP contribution in [0.1, 0.15) is 17.0 Å². The number of nitrogens with one attached hydrogen (secondary N) is 1. The van der Waals surface area contributed by atoms with E-state index in [1.165, 1.54) is 15.9 Å². The maximum Gasteiger partial charge on any atom is 0.221 e. The molecule has 96 valence electrons. The number of hydrogen-bond donors (Lipinski definition) is 1. The van der Waals surface area contributed by atoms with Gasteiger partial charge in [0.2, 0.25) is 5.91 Å². The van der Waals surface area contributed by atoms with E-state index in [1.807, 2.05) is 12.4 Å².